The van der Waals surface area contributed by atoms with E-state index in [1.54, 1.807) is 10.9 Å². The molecule has 3 rings (SSSR count). The number of rotatable bonds is 4. The number of halogens is 1. The summed E-state index contributed by atoms with van der Waals surface area (Å²) < 4.78 is 3.21. The first-order valence-electron chi connectivity index (χ1n) is 6.11. The molecule has 0 radical (unpaired) electrons. The Kier molecular flexibility index (Phi) is 3.48. The molecule has 0 saturated carbocycles. The van der Waals surface area contributed by atoms with E-state index in [2.05, 4.69) is 35.5 Å². The summed E-state index contributed by atoms with van der Waals surface area (Å²) in [4.78, 5) is 16.1. The van der Waals surface area contributed by atoms with E-state index in [0.29, 0.717) is 18.4 Å². The summed E-state index contributed by atoms with van der Waals surface area (Å²) in [7, 11) is 1.89. The van der Waals surface area contributed by atoms with Gasteiger partial charge >= 0.3 is 0 Å². The fourth-order valence-corrected chi connectivity index (χ4v) is 1.88. The highest BCUT2D eigenvalue weighted by molar-refractivity contribution is 6.28. The predicted molar refractivity (Wildman–Crippen MR) is 75.0 cm³/mol. The molecular formula is C11H12ClN9. The summed E-state index contributed by atoms with van der Waals surface area (Å²) in [5.74, 6) is 0.668. The first-order chi connectivity index (χ1) is 10.1. The van der Waals surface area contributed by atoms with Gasteiger partial charge in [0.25, 0.3) is 5.95 Å². The van der Waals surface area contributed by atoms with Gasteiger partial charge < -0.3 is 5.32 Å². The van der Waals surface area contributed by atoms with Crippen molar-refractivity contribution in [3.8, 4) is 5.95 Å². The van der Waals surface area contributed by atoms with Crippen molar-refractivity contribution in [3.63, 3.8) is 0 Å². The third-order valence-electron chi connectivity index (χ3n) is 2.99. The number of anilines is 1. The summed E-state index contributed by atoms with van der Waals surface area (Å²) in [5.41, 5.74) is 2.12. The van der Waals surface area contributed by atoms with E-state index in [4.69, 9.17) is 11.6 Å². The number of aromatic nitrogens is 8. The van der Waals surface area contributed by atoms with Crippen molar-refractivity contribution in [2.45, 2.75) is 13.5 Å². The summed E-state index contributed by atoms with van der Waals surface area (Å²) in [5, 5.41) is 11.3. The van der Waals surface area contributed by atoms with Crippen molar-refractivity contribution in [2.24, 2.45) is 7.05 Å². The Morgan fingerprint density at radius 3 is 2.76 bits per heavy atom. The first-order valence-corrected chi connectivity index (χ1v) is 6.49. The van der Waals surface area contributed by atoms with Gasteiger partial charge in [-0.15, -0.1) is 0 Å². The second kappa shape index (κ2) is 5.44. The lowest BCUT2D eigenvalue weighted by atomic mass is 10.2. The van der Waals surface area contributed by atoms with Crippen LogP contribution in [0, 0.1) is 6.92 Å². The van der Waals surface area contributed by atoms with Gasteiger partial charge in [-0.2, -0.15) is 29.8 Å². The van der Waals surface area contributed by atoms with E-state index in [9.17, 15) is 0 Å². The van der Waals surface area contributed by atoms with Crippen LogP contribution in [0.3, 0.4) is 0 Å². The second-order valence-corrected chi connectivity index (χ2v) is 4.64. The zero-order chi connectivity index (χ0) is 14.8. The van der Waals surface area contributed by atoms with Crippen LogP contribution in [0.1, 0.15) is 11.3 Å². The molecule has 0 saturated heterocycles. The minimum absolute atomic E-state index is 0.0842. The molecule has 0 bridgehead atoms. The van der Waals surface area contributed by atoms with Crippen LogP contribution in [-0.2, 0) is 13.6 Å². The molecule has 0 amide bonds. The lowest BCUT2D eigenvalue weighted by Crippen LogP contribution is -2.09. The Bertz CT molecular complexity index is 749. The van der Waals surface area contributed by atoms with Gasteiger partial charge in [-0.1, -0.05) is 0 Å². The predicted octanol–water partition coefficient (Wildman–Crippen LogP) is 0.760. The van der Waals surface area contributed by atoms with Crippen LogP contribution < -0.4 is 5.32 Å². The summed E-state index contributed by atoms with van der Waals surface area (Å²) in [6, 6.07) is 0. The molecule has 108 valence electrons. The number of nitrogens with one attached hydrogen (secondary N) is 1. The van der Waals surface area contributed by atoms with Gasteiger partial charge in [0.15, 0.2) is 0 Å². The first kappa shape index (κ1) is 13.4. The van der Waals surface area contributed by atoms with Crippen molar-refractivity contribution in [2.75, 3.05) is 5.32 Å². The number of hydrogen-bond acceptors (Lipinski definition) is 7. The quantitative estimate of drug-likeness (QED) is 0.759. The molecule has 0 aliphatic carbocycles. The molecular weight excluding hydrogens is 294 g/mol. The maximum Gasteiger partial charge on any atom is 0.258 e. The van der Waals surface area contributed by atoms with Crippen LogP contribution in [0.5, 0.6) is 0 Å². The zero-order valence-electron chi connectivity index (χ0n) is 11.4. The highest BCUT2D eigenvalue weighted by Crippen LogP contribution is 2.11. The fraction of sp³-hybridized carbons (Fsp3) is 0.273. The molecule has 0 aromatic carbocycles. The maximum atomic E-state index is 5.90. The van der Waals surface area contributed by atoms with Gasteiger partial charge in [0.2, 0.25) is 11.2 Å². The molecule has 0 atom stereocenters. The Morgan fingerprint density at radius 1 is 1.24 bits per heavy atom. The monoisotopic (exact) mass is 305 g/mol. The van der Waals surface area contributed by atoms with Gasteiger partial charge in [-0.25, -0.2) is 4.98 Å². The fourth-order valence-electron chi connectivity index (χ4n) is 1.72. The Labute approximate surface area is 125 Å². The molecule has 0 unspecified atom stereocenters. The molecule has 10 heteroatoms. The highest BCUT2D eigenvalue weighted by Gasteiger charge is 2.09. The van der Waals surface area contributed by atoms with E-state index in [0.717, 1.165) is 11.3 Å². The van der Waals surface area contributed by atoms with Crippen LogP contribution >= 0.6 is 11.6 Å². The molecule has 0 aliphatic heterocycles. The molecule has 3 heterocycles. The highest BCUT2D eigenvalue weighted by atomic mass is 35.5. The number of hydrogen-bond donors (Lipinski definition) is 1. The molecule has 3 aromatic heterocycles. The van der Waals surface area contributed by atoms with E-state index >= 15 is 0 Å². The normalized spacial score (nSPS) is 10.8. The summed E-state index contributed by atoms with van der Waals surface area (Å²) in [6.07, 6.45) is 4.67. The third kappa shape index (κ3) is 2.82. The van der Waals surface area contributed by atoms with Crippen molar-refractivity contribution >= 4 is 17.5 Å². The van der Waals surface area contributed by atoms with Crippen molar-refractivity contribution in [1.82, 2.24) is 39.5 Å². The maximum absolute atomic E-state index is 5.90. The topological polar surface area (TPSA) is 99.2 Å². The minimum atomic E-state index is 0.0842. The van der Waals surface area contributed by atoms with Gasteiger partial charge in [-0.3, -0.25) is 4.68 Å². The molecule has 1 N–H and O–H groups in total. The number of aryl methyl sites for hydroxylation is 1. The Morgan fingerprint density at radius 2 is 2.10 bits per heavy atom. The van der Waals surface area contributed by atoms with Crippen LogP contribution in [0.4, 0.5) is 5.95 Å². The average Bonchev–Trinajstić information content (AvgIpc) is 3.09. The van der Waals surface area contributed by atoms with E-state index in [1.165, 1.54) is 17.3 Å². The SMILES string of the molecule is Cc1c(CNc2nc(Cl)nc(-n3cncn3)n2)cnn1C. The Hall–Kier alpha value is -2.55. The lowest BCUT2D eigenvalue weighted by Gasteiger charge is -2.06. The molecule has 0 aliphatic rings. The van der Waals surface area contributed by atoms with Crippen molar-refractivity contribution < 1.29 is 0 Å². The van der Waals surface area contributed by atoms with Crippen molar-refractivity contribution in [1.29, 1.82) is 0 Å². The van der Waals surface area contributed by atoms with E-state index in [-0.39, 0.29) is 5.28 Å². The van der Waals surface area contributed by atoms with Crippen LogP contribution in [0.25, 0.3) is 5.95 Å². The van der Waals surface area contributed by atoms with Gasteiger partial charge in [0.05, 0.1) is 6.20 Å². The van der Waals surface area contributed by atoms with E-state index < -0.39 is 0 Å². The van der Waals surface area contributed by atoms with Crippen LogP contribution in [0.15, 0.2) is 18.9 Å². The summed E-state index contributed by atoms with van der Waals surface area (Å²) >= 11 is 5.90. The standard InChI is InChI=1S/C11H12ClN9/c1-7-8(4-15-20(7)2)3-14-10-17-9(12)18-11(19-10)21-6-13-5-16-21/h4-6H,3H2,1-2H3,(H,14,17,18,19). The minimum Gasteiger partial charge on any atom is -0.350 e. The lowest BCUT2D eigenvalue weighted by molar-refractivity contribution is 0.738. The smallest absolute Gasteiger partial charge is 0.258 e. The molecule has 3 aromatic rings. The third-order valence-corrected chi connectivity index (χ3v) is 3.16. The summed E-state index contributed by atoms with van der Waals surface area (Å²) in [6.45, 7) is 2.53. The van der Waals surface area contributed by atoms with Crippen molar-refractivity contribution in [3.05, 3.63) is 35.4 Å². The van der Waals surface area contributed by atoms with Gasteiger partial charge in [0.1, 0.15) is 12.7 Å². The van der Waals surface area contributed by atoms with Crippen LogP contribution in [0.2, 0.25) is 5.28 Å². The molecule has 0 fully saturated rings. The second-order valence-electron chi connectivity index (χ2n) is 4.30. The zero-order valence-corrected chi connectivity index (χ0v) is 12.2. The Balaban J connectivity index is 1.81. The largest absolute Gasteiger partial charge is 0.350 e. The van der Waals surface area contributed by atoms with Crippen LogP contribution in [-0.4, -0.2) is 39.5 Å². The van der Waals surface area contributed by atoms with Gasteiger partial charge in [-0.05, 0) is 18.5 Å². The van der Waals surface area contributed by atoms with Gasteiger partial charge in [0, 0.05) is 24.8 Å². The van der Waals surface area contributed by atoms with E-state index in [1.807, 2.05) is 14.0 Å². The molecule has 9 nitrogen and oxygen atoms in total. The molecule has 0 spiro atoms. The molecule has 21 heavy (non-hydrogen) atoms. The average molecular weight is 306 g/mol. The number of nitrogens with zero attached hydrogens (tertiary/aromatic N) is 8.